The average molecular weight is 162 g/mol. The van der Waals surface area contributed by atoms with Crippen LogP contribution in [0.4, 0.5) is 0 Å². The Balaban J connectivity index is 2.63. The fourth-order valence-corrected chi connectivity index (χ4v) is 0.951. The predicted octanol–water partition coefficient (Wildman–Crippen LogP) is -0.161. The molecule has 0 amide bonds. The van der Waals surface area contributed by atoms with Gasteiger partial charge in [-0.15, -0.1) is 0 Å². The molecule has 0 aliphatic carbocycles. The number of aliphatic hydroxyl groups is 2. The average Bonchev–Trinajstić information content (AvgIpc) is 1.81. The van der Waals surface area contributed by atoms with Crippen LogP contribution in [0.15, 0.2) is 0 Å². The van der Waals surface area contributed by atoms with Crippen molar-refractivity contribution in [2.24, 2.45) is 0 Å². The summed E-state index contributed by atoms with van der Waals surface area (Å²) in [6, 6.07) is 0. The Morgan fingerprint density at radius 3 is 2.27 bits per heavy atom. The molecular weight excluding hydrogens is 148 g/mol. The van der Waals surface area contributed by atoms with Crippen LogP contribution in [0.3, 0.4) is 0 Å². The maximum atomic E-state index is 9.18. The second kappa shape index (κ2) is 2.42. The second-order valence-corrected chi connectivity index (χ2v) is 3.33. The first-order valence-electron chi connectivity index (χ1n) is 3.60. The number of hydrogen-bond acceptors (Lipinski definition) is 4. The summed E-state index contributed by atoms with van der Waals surface area (Å²) in [7, 11) is 0. The minimum atomic E-state index is -1.85. The van der Waals surface area contributed by atoms with Gasteiger partial charge < -0.3 is 19.7 Å². The molecule has 1 rings (SSSR count). The summed E-state index contributed by atoms with van der Waals surface area (Å²) in [4.78, 5) is 0. The largest absolute Gasteiger partial charge is 0.362 e. The summed E-state index contributed by atoms with van der Waals surface area (Å²) in [5.74, 6) is -2.57. The highest BCUT2D eigenvalue weighted by atomic mass is 16.7. The van der Waals surface area contributed by atoms with Crippen LogP contribution in [0.5, 0.6) is 0 Å². The maximum Gasteiger partial charge on any atom is 0.214 e. The van der Waals surface area contributed by atoms with Gasteiger partial charge in [-0.25, -0.2) is 0 Å². The molecule has 0 radical (unpaired) electrons. The molecule has 0 spiro atoms. The van der Waals surface area contributed by atoms with Gasteiger partial charge in [0.2, 0.25) is 5.79 Å². The molecule has 0 aromatic heterocycles. The van der Waals surface area contributed by atoms with Crippen LogP contribution in [0.1, 0.15) is 20.8 Å². The summed E-state index contributed by atoms with van der Waals surface area (Å²) >= 11 is 0. The van der Waals surface area contributed by atoms with Crippen molar-refractivity contribution in [3.05, 3.63) is 0 Å². The monoisotopic (exact) mass is 162 g/mol. The van der Waals surface area contributed by atoms with Gasteiger partial charge in [-0.3, -0.25) is 0 Å². The van der Waals surface area contributed by atoms with Crippen molar-refractivity contribution in [1.82, 2.24) is 0 Å². The second-order valence-electron chi connectivity index (χ2n) is 3.33. The first-order valence-corrected chi connectivity index (χ1v) is 3.60. The molecule has 1 heterocycles. The number of hydrogen-bond donors (Lipinski definition) is 2. The third-order valence-corrected chi connectivity index (χ3v) is 1.74. The van der Waals surface area contributed by atoms with E-state index in [2.05, 4.69) is 0 Å². The standard InChI is InChI=1S/C7H14O4/c1-5-7(8,9)4-10-6(2,3)11-5/h5,8-9H,4H2,1-3H3. The minimum absolute atomic E-state index is 0.110. The van der Waals surface area contributed by atoms with Gasteiger partial charge in [0.05, 0.1) is 0 Å². The van der Waals surface area contributed by atoms with E-state index < -0.39 is 17.7 Å². The summed E-state index contributed by atoms with van der Waals surface area (Å²) in [6.45, 7) is 4.96. The Morgan fingerprint density at radius 2 is 1.91 bits per heavy atom. The SMILES string of the molecule is CC1OC(C)(C)OCC1(O)O. The maximum absolute atomic E-state index is 9.18. The fourth-order valence-electron chi connectivity index (χ4n) is 0.951. The normalized spacial score (nSPS) is 35.2. The Morgan fingerprint density at radius 1 is 1.36 bits per heavy atom. The van der Waals surface area contributed by atoms with E-state index in [9.17, 15) is 10.2 Å². The number of rotatable bonds is 0. The summed E-state index contributed by atoms with van der Waals surface area (Å²) in [5, 5.41) is 18.4. The molecular formula is C7H14O4. The van der Waals surface area contributed by atoms with Gasteiger partial charge in [-0.2, -0.15) is 0 Å². The highest BCUT2D eigenvalue weighted by Gasteiger charge is 2.42. The first kappa shape index (κ1) is 8.93. The molecule has 0 saturated carbocycles. The smallest absolute Gasteiger partial charge is 0.214 e. The highest BCUT2D eigenvalue weighted by Crippen LogP contribution is 2.26. The molecule has 1 aliphatic heterocycles. The third kappa shape index (κ3) is 1.90. The van der Waals surface area contributed by atoms with Gasteiger partial charge in [0.25, 0.3) is 0 Å². The molecule has 11 heavy (non-hydrogen) atoms. The van der Waals surface area contributed by atoms with Crippen LogP contribution in [0.2, 0.25) is 0 Å². The Kier molecular flexibility index (Phi) is 1.96. The molecule has 66 valence electrons. The minimum Gasteiger partial charge on any atom is -0.362 e. The molecule has 0 aromatic rings. The fraction of sp³-hybridized carbons (Fsp3) is 1.00. The van der Waals surface area contributed by atoms with Crippen molar-refractivity contribution < 1.29 is 19.7 Å². The lowest BCUT2D eigenvalue weighted by Gasteiger charge is -2.41. The van der Waals surface area contributed by atoms with Crippen LogP contribution in [0.25, 0.3) is 0 Å². The molecule has 1 aliphatic rings. The lowest BCUT2D eigenvalue weighted by Crippen LogP contribution is -2.56. The Bertz CT molecular complexity index is 153. The van der Waals surface area contributed by atoms with E-state index in [-0.39, 0.29) is 6.61 Å². The van der Waals surface area contributed by atoms with Gasteiger partial charge in [0, 0.05) is 0 Å². The van der Waals surface area contributed by atoms with Crippen molar-refractivity contribution >= 4 is 0 Å². The van der Waals surface area contributed by atoms with Crippen molar-refractivity contribution in [2.75, 3.05) is 6.61 Å². The summed E-state index contributed by atoms with van der Waals surface area (Å²) in [5.41, 5.74) is 0. The van der Waals surface area contributed by atoms with Crippen LogP contribution in [0, 0.1) is 0 Å². The van der Waals surface area contributed by atoms with Crippen molar-refractivity contribution in [3.8, 4) is 0 Å². The van der Waals surface area contributed by atoms with Gasteiger partial charge >= 0.3 is 0 Å². The zero-order valence-corrected chi connectivity index (χ0v) is 7.00. The molecule has 2 N–H and O–H groups in total. The molecule has 1 unspecified atom stereocenters. The third-order valence-electron chi connectivity index (χ3n) is 1.74. The van der Waals surface area contributed by atoms with Crippen LogP contribution < -0.4 is 0 Å². The predicted molar refractivity (Wildman–Crippen MR) is 37.7 cm³/mol. The van der Waals surface area contributed by atoms with Crippen molar-refractivity contribution in [3.63, 3.8) is 0 Å². The van der Waals surface area contributed by atoms with E-state index in [0.29, 0.717) is 0 Å². The molecule has 0 bridgehead atoms. The van der Waals surface area contributed by atoms with Gasteiger partial charge in [-0.05, 0) is 20.8 Å². The van der Waals surface area contributed by atoms with E-state index in [0.717, 1.165) is 0 Å². The van der Waals surface area contributed by atoms with E-state index in [1.165, 1.54) is 0 Å². The van der Waals surface area contributed by atoms with E-state index >= 15 is 0 Å². The number of ether oxygens (including phenoxy) is 2. The van der Waals surface area contributed by atoms with Crippen molar-refractivity contribution in [1.29, 1.82) is 0 Å². The van der Waals surface area contributed by atoms with Gasteiger partial charge in [0.1, 0.15) is 12.7 Å². The molecule has 4 nitrogen and oxygen atoms in total. The van der Waals surface area contributed by atoms with Gasteiger partial charge in [0.15, 0.2) is 5.79 Å². The summed E-state index contributed by atoms with van der Waals surface area (Å²) in [6.07, 6.45) is -0.619. The Labute approximate surface area is 65.7 Å². The topological polar surface area (TPSA) is 58.9 Å². The van der Waals surface area contributed by atoms with Gasteiger partial charge in [-0.1, -0.05) is 0 Å². The molecule has 1 saturated heterocycles. The van der Waals surface area contributed by atoms with Crippen LogP contribution in [-0.4, -0.2) is 34.5 Å². The first-order chi connectivity index (χ1) is 4.83. The highest BCUT2D eigenvalue weighted by molar-refractivity contribution is 4.79. The summed E-state index contributed by atoms with van der Waals surface area (Å²) < 4.78 is 10.2. The molecule has 0 aromatic carbocycles. The molecule has 1 fully saturated rings. The van der Waals surface area contributed by atoms with E-state index in [4.69, 9.17) is 9.47 Å². The quantitative estimate of drug-likeness (QED) is 0.486. The lowest BCUT2D eigenvalue weighted by molar-refractivity contribution is -0.381. The molecule has 1 atom stereocenters. The Hall–Kier alpha value is -0.160. The zero-order valence-electron chi connectivity index (χ0n) is 7.00. The van der Waals surface area contributed by atoms with Crippen molar-refractivity contribution in [2.45, 2.75) is 38.4 Å². The molecule has 4 heteroatoms. The van der Waals surface area contributed by atoms with E-state index in [1.54, 1.807) is 20.8 Å². The lowest BCUT2D eigenvalue weighted by atomic mass is 10.1. The van der Waals surface area contributed by atoms with Crippen LogP contribution >= 0.6 is 0 Å². The zero-order chi connectivity index (χ0) is 8.70. The van der Waals surface area contributed by atoms with E-state index in [1.807, 2.05) is 0 Å². The van der Waals surface area contributed by atoms with Crippen LogP contribution in [-0.2, 0) is 9.47 Å².